The molecule has 0 fully saturated rings. The molecular formula is C14H10Cl2F2O. The number of aliphatic hydroxyl groups excluding tert-OH is 1. The lowest BCUT2D eigenvalue weighted by Gasteiger charge is -2.13. The first-order chi connectivity index (χ1) is 8.97. The fourth-order valence-electron chi connectivity index (χ4n) is 1.79. The van der Waals surface area contributed by atoms with Gasteiger partial charge in [-0.15, -0.1) is 0 Å². The van der Waals surface area contributed by atoms with Gasteiger partial charge in [-0.25, -0.2) is 8.78 Å². The second kappa shape index (κ2) is 5.87. The van der Waals surface area contributed by atoms with E-state index in [4.69, 9.17) is 23.2 Å². The molecule has 100 valence electrons. The summed E-state index contributed by atoms with van der Waals surface area (Å²) in [5.41, 5.74) is 0.522. The van der Waals surface area contributed by atoms with Gasteiger partial charge in [0.15, 0.2) is 0 Å². The fraction of sp³-hybridized carbons (Fsp3) is 0.143. The van der Waals surface area contributed by atoms with E-state index < -0.39 is 17.7 Å². The lowest BCUT2D eigenvalue weighted by atomic mass is 10.0. The van der Waals surface area contributed by atoms with E-state index in [1.165, 1.54) is 6.07 Å². The van der Waals surface area contributed by atoms with E-state index in [9.17, 15) is 13.9 Å². The standard InChI is InChI=1S/C14H10Cl2F2O/c15-9-1-3-11(12(16)7-9)14(19)6-8-5-10(17)2-4-13(8)18/h1-5,7,14,19H,6H2. The quantitative estimate of drug-likeness (QED) is 0.882. The Hall–Kier alpha value is -1.16. The van der Waals surface area contributed by atoms with Crippen LogP contribution in [-0.4, -0.2) is 5.11 Å². The smallest absolute Gasteiger partial charge is 0.126 e. The molecule has 0 aliphatic carbocycles. The van der Waals surface area contributed by atoms with E-state index in [1.807, 2.05) is 0 Å². The Morgan fingerprint density at radius 2 is 1.79 bits per heavy atom. The fourth-order valence-corrected chi connectivity index (χ4v) is 2.32. The summed E-state index contributed by atoms with van der Waals surface area (Å²) in [4.78, 5) is 0. The Kier molecular flexibility index (Phi) is 4.40. The van der Waals surface area contributed by atoms with Gasteiger partial charge in [-0.05, 0) is 41.5 Å². The molecule has 1 nitrogen and oxygen atoms in total. The lowest BCUT2D eigenvalue weighted by molar-refractivity contribution is 0.177. The van der Waals surface area contributed by atoms with Crippen LogP contribution < -0.4 is 0 Å². The predicted octanol–water partition coefficient (Wildman–Crippen LogP) is 4.55. The van der Waals surface area contributed by atoms with E-state index in [0.717, 1.165) is 18.2 Å². The van der Waals surface area contributed by atoms with Gasteiger partial charge >= 0.3 is 0 Å². The van der Waals surface area contributed by atoms with Crippen LogP contribution in [0.1, 0.15) is 17.2 Å². The van der Waals surface area contributed by atoms with Crippen molar-refractivity contribution in [2.75, 3.05) is 0 Å². The topological polar surface area (TPSA) is 20.2 Å². The van der Waals surface area contributed by atoms with E-state index in [0.29, 0.717) is 10.6 Å². The molecule has 2 aromatic carbocycles. The van der Waals surface area contributed by atoms with Crippen molar-refractivity contribution in [1.29, 1.82) is 0 Å². The first-order valence-corrected chi connectivity index (χ1v) is 6.30. The average molecular weight is 303 g/mol. The van der Waals surface area contributed by atoms with Crippen LogP contribution in [0.25, 0.3) is 0 Å². The zero-order valence-corrected chi connectivity index (χ0v) is 11.2. The molecule has 5 heteroatoms. The van der Waals surface area contributed by atoms with Crippen molar-refractivity contribution in [2.24, 2.45) is 0 Å². The molecule has 2 aromatic rings. The summed E-state index contributed by atoms with van der Waals surface area (Å²) in [6.07, 6.45) is -1.09. The van der Waals surface area contributed by atoms with Crippen molar-refractivity contribution in [2.45, 2.75) is 12.5 Å². The minimum Gasteiger partial charge on any atom is -0.388 e. The Balaban J connectivity index is 2.25. The van der Waals surface area contributed by atoms with E-state index >= 15 is 0 Å². The minimum atomic E-state index is -1.03. The maximum Gasteiger partial charge on any atom is 0.126 e. The van der Waals surface area contributed by atoms with Crippen LogP contribution in [0, 0.1) is 11.6 Å². The molecule has 19 heavy (non-hydrogen) atoms. The van der Waals surface area contributed by atoms with E-state index in [1.54, 1.807) is 12.1 Å². The first kappa shape index (κ1) is 14.3. The molecule has 0 aromatic heterocycles. The number of aliphatic hydroxyl groups is 1. The molecular weight excluding hydrogens is 293 g/mol. The zero-order chi connectivity index (χ0) is 14.0. The molecule has 0 bridgehead atoms. The third-order valence-corrected chi connectivity index (χ3v) is 3.30. The van der Waals surface area contributed by atoms with Crippen LogP contribution in [-0.2, 0) is 6.42 Å². The van der Waals surface area contributed by atoms with Gasteiger partial charge in [0.25, 0.3) is 0 Å². The number of hydrogen-bond acceptors (Lipinski definition) is 1. The second-order valence-electron chi connectivity index (χ2n) is 4.12. The molecule has 1 atom stereocenters. The first-order valence-electron chi connectivity index (χ1n) is 5.54. The molecule has 1 N–H and O–H groups in total. The van der Waals surface area contributed by atoms with Crippen LogP contribution in [0.4, 0.5) is 8.78 Å². The third kappa shape index (κ3) is 3.44. The zero-order valence-electron chi connectivity index (χ0n) is 9.71. The Labute approximate surface area is 119 Å². The Bertz CT molecular complexity index is 602. The summed E-state index contributed by atoms with van der Waals surface area (Å²) < 4.78 is 26.5. The highest BCUT2D eigenvalue weighted by Crippen LogP contribution is 2.29. The largest absolute Gasteiger partial charge is 0.388 e. The molecule has 0 heterocycles. The molecule has 0 amide bonds. The summed E-state index contributed by atoms with van der Waals surface area (Å²) in [5.74, 6) is -1.11. The van der Waals surface area contributed by atoms with Gasteiger partial charge < -0.3 is 5.11 Å². The number of benzene rings is 2. The predicted molar refractivity (Wildman–Crippen MR) is 71.5 cm³/mol. The highest BCUT2D eigenvalue weighted by molar-refractivity contribution is 6.35. The van der Waals surface area contributed by atoms with Crippen LogP contribution >= 0.6 is 23.2 Å². The van der Waals surface area contributed by atoms with Gasteiger partial charge in [-0.1, -0.05) is 29.3 Å². The van der Waals surface area contributed by atoms with Gasteiger partial charge in [-0.3, -0.25) is 0 Å². The molecule has 1 unspecified atom stereocenters. The molecule has 0 spiro atoms. The third-order valence-electron chi connectivity index (χ3n) is 2.74. The van der Waals surface area contributed by atoms with Crippen molar-refractivity contribution in [3.63, 3.8) is 0 Å². The highest BCUT2D eigenvalue weighted by Gasteiger charge is 2.15. The number of rotatable bonds is 3. The van der Waals surface area contributed by atoms with Crippen molar-refractivity contribution in [1.82, 2.24) is 0 Å². The summed E-state index contributed by atoms with van der Waals surface area (Å²) in [6.45, 7) is 0. The van der Waals surface area contributed by atoms with Crippen LogP contribution in [0.2, 0.25) is 10.0 Å². The molecule has 2 rings (SSSR count). The van der Waals surface area contributed by atoms with Gasteiger partial charge in [0.2, 0.25) is 0 Å². The van der Waals surface area contributed by atoms with Gasteiger partial charge in [0.05, 0.1) is 6.10 Å². The minimum absolute atomic E-state index is 0.0645. The SMILES string of the molecule is OC(Cc1cc(F)ccc1F)c1ccc(Cl)cc1Cl. The van der Waals surface area contributed by atoms with Crippen molar-refractivity contribution >= 4 is 23.2 Å². The van der Waals surface area contributed by atoms with Crippen LogP contribution in [0.3, 0.4) is 0 Å². The molecule has 0 saturated heterocycles. The van der Waals surface area contributed by atoms with Crippen molar-refractivity contribution < 1.29 is 13.9 Å². The summed E-state index contributed by atoms with van der Waals surface area (Å²) >= 11 is 11.7. The van der Waals surface area contributed by atoms with Gasteiger partial charge in [0.1, 0.15) is 11.6 Å². The van der Waals surface area contributed by atoms with E-state index in [2.05, 4.69) is 0 Å². The maximum atomic E-state index is 13.5. The van der Waals surface area contributed by atoms with Gasteiger partial charge in [0, 0.05) is 16.5 Å². The van der Waals surface area contributed by atoms with Crippen molar-refractivity contribution in [3.05, 3.63) is 69.2 Å². The molecule has 0 saturated carbocycles. The second-order valence-corrected chi connectivity index (χ2v) is 4.97. The average Bonchev–Trinajstić information content (AvgIpc) is 2.33. The monoisotopic (exact) mass is 302 g/mol. The maximum absolute atomic E-state index is 13.5. The molecule has 0 radical (unpaired) electrons. The Morgan fingerprint density at radius 3 is 2.47 bits per heavy atom. The number of hydrogen-bond donors (Lipinski definition) is 1. The van der Waals surface area contributed by atoms with Crippen LogP contribution in [0.15, 0.2) is 36.4 Å². The normalized spacial score (nSPS) is 12.5. The van der Waals surface area contributed by atoms with Crippen LogP contribution in [0.5, 0.6) is 0 Å². The van der Waals surface area contributed by atoms with E-state index in [-0.39, 0.29) is 17.0 Å². The summed E-state index contributed by atoms with van der Waals surface area (Å²) in [6, 6.07) is 7.74. The van der Waals surface area contributed by atoms with Gasteiger partial charge in [-0.2, -0.15) is 0 Å². The number of halogens is 4. The summed E-state index contributed by atoms with van der Waals surface area (Å²) in [5, 5.41) is 10.8. The lowest BCUT2D eigenvalue weighted by Crippen LogP contribution is -2.04. The summed E-state index contributed by atoms with van der Waals surface area (Å²) in [7, 11) is 0. The van der Waals surface area contributed by atoms with Crippen molar-refractivity contribution in [3.8, 4) is 0 Å². The highest BCUT2D eigenvalue weighted by atomic mass is 35.5. The molecule has 0 aliphatic rings. The molecule has 0 aliphatic heterocycles. The Morgan fingerprint density at radius 1 is 1.05 bits per heavy atom.